The lowest BCUT2D eigenvalue weighted by Gasteiger charge is -2.37. The molecule has 1 aliphatic carbocycles. The quantitative estimate of drug-likeness (QED) is 0.714. The van der Waals surface area contributed by atoms with E-state index < -0.39 is 0 Å². The van der Waals surface area contributed by atoms with E-state index >= 15 is 0 Å². The first-order valence-electron chi connectivity index (χ1n) is 5.93. The molecular formula is C11H22N2O. The highest BCUT2D eigenvalue weighted by Gasteiger charge is 2.31. The van der Waals surface area contributed by atoms with Gasteiger partial charge in [0.15, 0.2) is 0 Å². The normalized spacial score (nSPS) is 34.9. The molecule has 0 spiro atoms. The molecule has 0 aromatic heterocycles. The summed E-state index contributed by atoms with van der Waals surface area (Å²) < 4.78 is 5.66. The second kappa shape index (κ2) is 5.10. The number of rotatable bonds is 2. The Labute approximate surface area is 86.6 Å². The van der Waals surface area contributed by atoms with Crippen molar-refractivity contribution in [2.24, 2.45) is 11.7 Å². The molecule has 1 saturated heterocycles. The Morgan fingerprint density at radius 3 is 3.00 bits per heavy atom. The van der Waals surface area contributed by atoms with E-state index in [4.69, 9.17) is 10.5 Å². The number of nitrogens with two attached hydrogens (primary N) is 1. The maximum Gasteiger partial charge on any atom is 0.0593 e. The summed E-state index contributed by atoms with van der Waals surface area (Å²) in [4.78, 5) is 2.55. The van der Waals surface area contributed by atoms with Gasteiger partial charge in [0.2, 0.25) is 0 Å². The molecule has 1 saturated carbocycles. The van der Waals surface area contributed by atoms with Crippen LogP contribution >= 0.6 is 0 Å². The van der Waals surface area contributed by atoms with Crippen molar-refractivity contribution in [3.05, 3.63) is 0 Å². The molecule has 1 heterocycles. The third kappa shape index (κ3) is 2.27. The molecule has 14 heavy (non-hydrogen) atoms. The molecule has 3 heteroatoms. The maximum absolute atomic E-state index is 5.66. The second-order valence-electron chi connectivity index (χ2n) is 4.51. The average molecular weight is 198 g/mol. The highest BCUT2D eigenvalue weighted by molar-refractivity contribution is 4.85. The molecular weight excluding hydrogens is 176 g/mol. The van der Waals surface area contributed by atoms with Gasteiger partial charge in [-0.3, -0.25) is 4.90 Å². The van der Waals surface area contributed by atoms with Crippen molar-refractivity contribution in [3.63, 3.8) is 0 Å². The van der Waals surface area contributed by atoms with Crippen LogP contribution in [0.3, 0.4) is 0 Å². The molecule has 0 amide bonds. The Kier molecular flexibility index (Phi) is 3.79. The Bertz CT molecular complexity index is 175. The van der Waals surface area contributed by atoms with Crippen molar-refractivity contribution >= 4 is 0 Å². The van der Waals surface area contributed by atoms with Gasteiger partial charge >= 0.3 is 0 Å². The van der Waals surface area contributed by atoms with Gasteiger partial charge in [0.1, 0.15) is 0 Å². The summed E-state index contributed by atoms with van der Waals surface area (Å²) in [5.74, 6) is 0.776. The van der Waals surface area contributed by atoms with Crippen LogP contribution in [0.25, 0.3) is 0 Å². The van der Waals surface area contributed by atoms with Crippen molar-refractivity contribution < 1.29 is 4.74 Å². The molecule has 2 N–H and O–H groups in total. The van der Waals surface area contributed by atoms with Crippen LogP contribution in [0.15, 0.2) is 0 Å². The Morgan fingerprint density at radius 2 is 2.14 bits per heavy atom. The van der Waals surface area contributed by atoms with E-state index in [9.17, 15) is 0 Å². The van der Waals surface area contributed by atoms with E-state index in [1.807, 2.05) is 0 Å². The van der Waals surface area contributed by atoms with E-state index in [0.29, 0.717) is 0 Å². The summed E-state index contributed by atoms with van der Waals surface area (Å²) in [7, 11) is 0. The first-order valence-corrected chi connectivity index (χ1v) is 5.93. The van der Waals surface area contributed by atoms with Crippen LogP contribution < -0.4 is 5.73 Å². The predicted octanol–water partition coefficient (Wildman–Crippen LogP) is 0.836. The molecule has 0 bridgehead atoms. The summed E-state index contributed by atoms with van der Waals surface area (Å²) >= 11 is 0. The minimum atomic E-state index is 0.759. The lowest BCUT2D eigenvalue weighted by molar-refractivity contribution is 0.0948. The second-order valence-corrected chi connectivity index (χ2v) is 4.51. The Hall–Kier alpha value is -0.120. The van der Waals surface area contributed by atoms with Gasteiger partial charge in [0.05, 0.1) is 13.2 Å². The van der Waals surface area contributed by atoms with E-state index in [1.54, 1.807) is 0 Å². The van der Waals surface area contributed by atoms with Crippen molar-refractivity contribution in [2.45, 2.75) is 31.7 Å². The molecule has 2 aliphatic rings. The van der Waals surface area contributed by atoms with Crippen LogP contribution in [-0.2, 0) is 4.74 Å². The summed E-state index contributed by atoms with van der Waals surface area (Å²) in [6, 6.07) is 0.759. The zero-order valence-electron chi connectivity index (χ0n) is 8.95. The number of fused-ring (bicyclic) bond motifs is 1. The fraction of sp³-hybridized carbons (Fsp3) is 1.00. The molecule has 3 nitrogen and oxygen atoms in total. The van der Waals surface area contributed by atoms with Crippen LogP contribution in [0.2, 0.25) is 0 Å². The van der Waals surface area contributed by atoms with E-state index in [2.05, 4.69) is 4.90 Å². The minimum Gasteiger partial charge on any atom is -0.380 e. The van der Waals surface area contributed by atoms with Crippen LogP contribution in [0.4, 0.5) is 0 Å². The van der Waals surface area contributed by atoms with Gasteiger partial charge < -0.3 is 10.5 Å². The third-order valence-corrected chi connectivity index (χ3v) is 3.61. The molecule has 2 rings (SSSR count). The van der Waals surface area contributed by atoms with Gasteiger partial charge in [0.25, 0.3) is 0 Å². The SMILES string of the molecule is NCCN1CCOC[C@@H]2CCCC[C@H]21. The monoisotopic (exact) mass is 198 g/mol. The van der Waals surface area contributed by atoms with E-state index in [0.717, 1.165) is 44.8 Å². The largest absolute Gasteiger partial charge is 0.380 e. The fourth-order valence-corrected chi connectivity index (χ4v) is 2.89. The maximum atomic E-state index is 5.66. The van der Waals surface area contributed by atoms with Crippen LogP contribution in [0.5, 0.6) is 0 Å². The van der Waals surface area contributed by atoms with Gasteiger partial charge in [-0.2, -0.15) is 0 Å². The molecule has 0 aromatic carbocycles. The van der Waals surface area contributed by atoms with Gasteiger partial charge in [0, 0.05) is 25.7 Å². The number of ether oxygens (including phenoxy) is 1. The number of nitrogens with zero attached hydrogens (tertiary/aromatic N) is 1. The van der Waals surface area contributed by atoms with Crippen molar-refractivity contribution in [1.29, 1.82) is 0 Å². The topological polar surface area (TPSA) is 38.5 Å². The van der Waals surface area contributed by atoms with Gasteiger partial charge in [-0.1, -0.05) is 12.8 Å². The predicted molar refractivity (Wildman–Crippen MR) is 57.2 cm³/mol. The molecule has 82 valence electrons. The Morgan fingerprint density at radius 1 is 1.29 bits per heavy atom. The molecule has 0 aromatic rings. The first-order chi connectivity index (χ1) is 6.92. The molecule has 2 fully saturated rings. The van der Waals surface area contributed by atoms with E-state index in [-0.39, 0.29) is 0 Å². The standard InChI is InChI=1S/C11H22N2O/c12-5-6-13-7-8-14-9-10-3-1-2-4-11(10)13/h10-11H,1-9,12H2/t10-,11+/m0/s1. The van der Waals surface area contributed by atoms with E-state index in [1.165, 1.54) is 25.7 Å². The smallest absolute Gasteiger partial charge is 0.0593 e. The average Bonchev–Trinajstić information content (AvgIpc) is 2.42. The molecule has 0 unspecified atom stereocenters. The van der Waals surface area contributed by atoms with Crippen LogP contribution in [0, 0.1) is 5.92 Å². The zero-order valence-corrected chi connectivity index (χ0v) is 8.95. The van der Waals surface area contributed by atoms with Gasteiger partial charge in [-0.25, -0.2) is 0 Å². The lowest BCUT2D eigenvalue weighted by atomic mass is 9.84. The summed E-state index contributed by atoms with van der Waals surface area (Å²) in [6.07, 6.45) is 5.49. The molecule has 2 atom stereocenters. The summed E-state index contributed by atoms with van der Waals surface area (Å²) in [6.45, 7) is 4.78. The van der Waals surface area contributed by atoms with Crippen molar-refractivity contribution in [3.8, 4) is 0 Å². The van der Waals surface area contributed by atoms with Crippen molar-refractivity contribution in [2.75, 3.05) is 32.8 Å². The van der Waals surface area contributed by atoms with Crippen LogP contribution in [0.1, 0.15) is 25.7 Å². The molecule has 0 radical (unpaired) electrons. The highest BCUT2D eigenvalue weighted by atomic mass is 16.5. The summed E-state index contributed by atoms with van der Waals surface area (Å²) in [5.41, 5.74) is 5.65. The zero-order chi connectivity index (χ0) is 9.80. The third-order valence-electron chi connectivity index (χ3n) is 3.61. The van der Waals surface area contributed by atoms with Crippen LogP contribution in [-0.4, -0.2) is 43.8 Å². The van der Waals surface area contributed by atoms with Gasteiger partial charge in [-0.05, 0) is 18.8 Å². The number of hydrogen-bond acceptors (Lipinski definition) is 3. The first kappa shape index (κ1) is 10.4. The lowest BCUT2D eigenvalue weighted by Crippen LogP contribution is -2.44. The summed E-state index contributed by atoms with van der Waals surface area (Å²) in [5, 5.41) is 0. The number of hydrogen-bond donors (Lipinski definition) is 1. The minimum absolute atomic E-state index is 0.759. The van der Waals surface area contributed by atoms with Gasteiger partial charge in [-0.15, -0.1) is 0 Å². The molecule has 1 aliphatic heterocycles. The van der Waals surface area contributed by atoms with Crippen molar-refractivity contribution in [1.82, 2.24) is 4.90 Å². The Balaban J connectivity index is 1.99. The highest BCUT2D eigenvalue weighted by Crippen LogP contribution is 2.29. The fourth-order valence-electron chi connectivity index (χ4n) is 2.89.